The van der Waals surface area contributed by atoms with E-state index in [-0.39, 0.29) is 36.7 Å². The van der Waals surface area contributed by atoms with Gasteiger partial charge in [0.15, 0.2) is 0 Å². The van der Waals surface area contributed by atoms with Crippen molar-refractivity contribution in [3.63, 3.8) is 0 Å². The standard InChI is InChI=1S/C28H29N3O5/c1-36-25(13-14-27(33)34)19-5-4-6-21(16-19)30-26(32)15-18-9-11-20(12-10-18)31-28(35)23-17-29-24-8-3-2-7-22(23)24/h2-12,16,23,25,29H,13-15,17H2,1H3,(H,30,32)(H,31,35)(H,33,34). The molecule has 0 radical (unpaired) electrons. The lowest BCUT2D eigenvalue weighted by Gasteiger charge is -2.16. The molecular weight excluding hydrogens is 458 g/mol. The van der Waals surface area contributed by atoms with Gasteiger partial charge in [-0.25, -0.2) is 0 Å². The number of carbonyl (C=O) groups is 3. The largest absolute Gasteiger partial charge is 0.481 e. The summed E-state index contributed by atoms with van der Waals surface area (Å²) in [7, 11) is 1.54. The van der Waals surface area contributed by atoms with Gasteiger partial charge in [0, 0.05) is 37.1 Å². The van der Waals surface area contributed by atoms with Crippen LogP contribution in [0.3, 0.4) is 0 Å². The van der Waals surface area contributed by atoms with Gasteiger partial charge in [-0.3, -0.25) is 14.4 Å². The number of hydrogen-bond donors (Lipinski definition) is 4. The van der Waals surface area contributed by atoms with E-state index >= 15 is 0 Å². The molecule has 0 aliphatic carbocycles. The summed E-state index contributed by atoms with van der Waals surface area (Å²) in [6.07, 6.45) is 0.145. The molecule has 186 valence electrons. The number of fused-ring (bicyclic) bond motifs is 1. The molecule has 1 heterocycles. The number of rotatable bonds is 10. The van der Waals surface area contributed by atoms with Gasteiger partial charge in [0.2, 0.25) is 11.8 Å². The molecule has 0 saturated heterocycles. The molecule has 4 N–H and O–H groups in total. The smallest absolute Gasteiger partial charge is 0.303 e. The number of aliphatic carboxylic acids is 1. The maximum Gasteiger partial charge on any atom is 0.303 e. The Morgan fingerprint density at radius 2 is 1.78 bits per heavy atom. The van der Waals surface area contributed by atoms with Crippen LogP contribution in [0.2, 0.25) is 0 Å². The zero-order chi connectivity index (χ0) is 25.5. The Morgan fingerprint density at radius 3 is 2.53 bits per heavy atom. The van der Waals surface area contributed by atoms with Crippen LogP contribution in [-0.4, -0.2) is 36.5 Å². The van der Waals surface area contributed by atoms with Gasteiger partial charge in [-0.1, -0.05) is 42.5 Å². The van der Waals surface area contributed by atoms with Crippen LogP contribution in [0, 0.1) is 0 Å². The Kier molecular flexibility index (Phi) is 7.97. The van der Waals surface area contributed by atoms with Crippen LogP contribution in [0.1, 0.15) is 41.6 Å². The van der Waals surface area contributed by atoms with Crippen LogP contribution >= 0.6 is 0 Å². The minimum Gasteiger partial charge on any atom is -0.481 e. The topological polar surface area (TPSA) is 117 Å². The fourth-order valence-electron chi connectivity index (χ4n) is 4.34. The number of carbonyl (C=O) groups excluding carboxylic acids is 2. The van der Waals surface area contributed by atoms with Crippen molar-refractivity contribution < 1.29 is 24.2 Å². The van der Waals surface area contributed by atoms with Crippen molar-refractivity contribution in [2.45, 2.75) is 31.3 Å². The van der Waals surface area contributed by atoms with Crippen LogP contribution in [0.25, 0.3) is 0 Å². The van der Waals surface area contributed by atoms with Crippen LogP contribution in [0.5, 0.6) is 0 Å². The van der Waals surface area contributed by atoms with Gasteiger partial charge in [-0.05, 0) is 53.4 Å². The Bertz CT molecular complexity index is 1240. The lowest BCUT2D eigenvalue weighted by molar-refractivity contribution is -0.137. The number of nitrogens with one attached hydrogen (secondary N) is 3. The molecule has 8 nitrogen and oxygen atoms in total. The van der Waals surface area contributed by atoms with Gasteiger partial charge in [-0.2, -0.15) is 0 Å². The molecule has 0 aromatic heterocycles. The maximum absolute atomic E-state index is 12.8. The number of benzene rings is 3. The van der Waals surface area contributed by atoms with E-state index in [1.165, 1.54) is 7.11 Å². The van der Waals surface area contributed by atoms with E-state index in [9.17, 15) is 14.4 Å². The van der Waals surface area contributed by atoms with Gasteiger partial charge in [0.25, 0.3) is 0 Å². The predicted molar refractivity (Wildman–Crippen MR) is 138 cm³/mol. The second kappa shape index (κ2) is 11.5. The molecule has 8 heteroatoms. The van der Waals surface area contributed by atoms with E-state index in [4.69, 9.17) is 9.84 Å². The normalized spacial score (nSPS) is 14.9. The zero-order valence-electron chi connectivity index (χ0n) is 20.0. The third-order valence-electron chi connectivity index (χ3n) is 6.18. The highest BCUT2D eigenvalue weighted by Gasteiger charge is 2.28. The summed E-state index contributed by atoms with van der Waals surface area (Å²) in [5, 5.41) is 18.0. The van der Waals surface area contributed by atoms with Crippen molar-refractivity contribution in [1.29, 1.82) is 0 Å². The first-order chi connectivity index (χ1) is 17.4. The summed E-state index contributed by atoms with van der Waals surface area (Å²) in [6.45, 7) is 0.565. The lowest BCUT2D eigenvalue weighted by atomic mass is 10.0. The van der Waals surface area contributed by atoms with E-state index in [1.54, 1.807) is 30.3 Å². The first kappa shape index (κ1) is 24.9. The quantitative estimate of drug-likeness (QED) is 0.333. The maximum atomic E-state index is 12.8. The number of ether oxygens (including phenoxy) is 1. The third kappa shape index (κ3) is 6.28. The highest BCUT2D eigenvalue weighted by Crippen LogP contribution is 2.32. The van der Waals surface area contributed by atoms with Crippen LogP contribution in [-0.2, 0) is 25.5 Å². The number of methoxy groups -OCH3 is 1. The summed E-state index contributed by atoms with van der Waals surface area (Å²) in [4.78, 5) is 36.2. The number of para-hydroxylation sites is 1. The number of hydrogen-bond acceptors (Lipinski definition) is 5. The molecular formula is C28H29N3O5. The Balaban J connectivity index is 1.31. The molecule has 2 amide bonds. The molecule has 2 unspecified atom stereocenters. The molecule has 4 rings (SSSR count). The average Bonchev–Trinajstić information content (AvgIpc) is 3.30. The molecule has 0 fully saturated rings. The Hall–Kier alpha value is -4.17. The van der Waals surface area contributed by atoms with E-state index in [0.717, 1.165) is 22.4 Å². The summed E-state index contributed by atoms with van der Waals surface area (Å²) >= 11 is 0. The van der Waals surface area contributed by atoms with Crippen LogP contribution in [0.15, 0.2) is 72.8 Å². The fraction of sp³-hybridized carbons (Fsp3) is 0.250. The fourth-order valence-corrected chi connectivity index (χ4v) is 4.34. The van der Waals surface area contributed by atoms with Crippen molar-refractivity contribution in [2.75, 3.05) is 29.6 Å². The second-order valence-corrected chi connectivity index (χ2v) is 8.71. The first-order valence-electron chi connectivity index (χ1n) is 11.8. The molecule has 0 spiro atoms. The van der Waals surface area contributed by atoms with Crippen LogP contribution in [0.4, 0.5) is 17.1 Å². The first-order valence-corrected chi connectivity index (χ1v) is 11.8. The van der Waals surface area contributed by atoms with Crippen molar-refractivity contribution in [1.82, 2.24) is 0 Å². The molecule has 36 heavy (non-hydrogen) atoms. The highest BCUT2D eigenvalue weighted by molar-refractivity contribution is 5.98. The van der Waals surface area contributed by atoms with E-state index < -0.39 is 5.97 Å². The third-order valence-corrected chi connectivity index (χ3v) is 6.18. The highest BCUT2D eigenvalue weighted by atomic mass is 16.5. The van der Waals surface area contributed by atoms with Crippen molar-refractivity contribution >= 4 is 34.8 Å². The van der Waals surface area contributed by atoms with E-state index in [0.29, 0.717) is 24.3 Å². The number of carboxylic acids is 1. The molecule has 0 bridgehead atoms. The van der Waals surface area contributed by atoms with Crippen molar-refractivity contribution in [3.8, 4) is 0 Å². The van der Waals surface area contributed by atoms with E-state index in [2.05, 4.69) is 16.0 Å². The van der Waals surface area contributed by atoms with Gasteiger partial charge >= 0.3 is 5.97 Å². The molecule has 2 atom stereocenters. The minimum absolute atomic E-state index is 0.00359. The van der Waals surface area contributed by atoms with Crippen LogP contribution < -0.4 is 16.0 Å². The second-order valence-electron chi connectivity index (χ2n) is 8.71. The minimum atomic E-state index is -0.882. The average molecular weight is 488 g/mol. The molecule has 3 aromatic rings. The Morgan fingerprint density at radius 1 is 1.00 bits per heavy atom. The monoisotopic (exact) mass is 487 g/mol. The number of amides is 2. The zero-order valence-corrected chi connectivity index (χ0v) is 20.0. The molecule has 1 aliphatic rings. The van der Waals surface area contributed by atoms with Crippen molar-refractivity contribution in [3.05, 3.63) is 89.5 Å². The number of carboxylic acid groups (broad SMARTS) is 1. The summed E-state index contributed by atoms with van der Waals surface area (Å²) in [5.74, 6) is -1.38. The number of anilines is 3. The van der Waals surface area contributed by atoms with Gasteiger partial charge in [0.1, 0.15) is 0 Å². The lowest BCUT2D eigenvalue weighted by Crippen LogP contribution is -2.22. The van der Waals surface area contributed by atoms with Gasteiger partial charge in [-0.15, -0.1) is 0 Å². The van der Waals surface area contributed by atoms with E-state index in [1.807, 2.05) is 42.5 Å². The van der Waals surface area contributed by atoms with Gasteiger partial charge < -0.3 is 25.8 Å². The SMILES string of the molecule is COC(CCC(=O)O)c1cccc(NC(=O)Cc2ccc(NC(=O)C3CNc4ccccc43)cc2)c1. The summed E-state index contributed by atoms with van der Waals surface area (Å²) in [6, 6.07) is 22.2. The van der Waals surface area contributed by atoms with Gasteiger partial charge in [0.05, 0.1) is 18.4 Å². The summed E-state index contributed by atoms with van der Waals surface area (Å²) in [5.41, 5.74) is 4.88. The molecule has 0 saturated carbocycles. The predicted octanol–water partition coefficient (Wildman–Crippen LogP) is 4.57. The molecule has 3 aromatic carbocycles. The Labute approximate surface area is 209 Å². The van der Waals surface area contributed by atoms with Crippen molar-refractivity contribution in [2.24, 2.45) is 0 Å². The molecule has 1 aliphatic heterocycles. The summed E-state index contributed by atoms with van der Waals surface area (Å²) < 4.78 is 5.42.